The minimum Gasteiger partial charge on any atom is -0.493 e. The molecule has 0 radical (unpaired) electrons. The van der Waals surface area contributed by atoms with E-state index in [0.29, 0.717) is 0 Å². The Morgan fingerprint density at radius 2 is 2.05 bits per heavy atom. The first-order valence-electron chi connectivity index (χ1n) is 6.62. The molecule has 1 aromatic rings. The smallest absolute Gasteiger partial charge is 0.164 e. The molecule has 20 heavy (non-hydrogen) atoms. The van der Waals surface area contributed by atoms with Crippen molar-refractivity contribution in [1.29, 1.82) is 0 Å². The zero-order valence-electron chi connectivity index (χ0n) is 11.6. The largest absolute Gasteiger partial charge is 0.493 e. The van der Waals surface area contributed by atoms with Gasteiger partial charge in [0.1, 0.15) is 6.10 Å². The summed E-state index contributed by atoms with van der Waals surface area (Å²) in [5, 5.41) is 3.37. The number of benzene rings is 1. The van der Waals surface area contributed by atoms with E-state index in [9.17, 15) is 0 Å². The predicted octanol–water partition coefficient (Wildman–Crippen LogP) is 1.75. The normalized spacial score (nSPS) is 21.1. The number of nitrogens with zero attached hydrogens (tertiary/aromatic N) is 1. The fraction of sp³-hybridized carbons (Fsp3) is 0.571. The van der Waals surface area contributed by atoms with Gasteiger partial charge in [0.15, 0.2) is 11.5 Å². The summed E-state index contributed by atoms with van der Waals surface area (Å²) >= 11 is 0. The average molecular weight is 321 g/mol. The highest BCUT2D eigenvalue weighted by Crippen LogP contribution is 2.37. The first-order valence-corrected chi connectivity index (χ1v) is 6.62. The zero-order chi connectivity index (χ0) is 12.4. The molecular weight excluding hydrogens is 299 g/mol. The van der Waals surface area contributed by atoms with Crippen LogP contribution < -0.4 is 14.8 Å². The van der Waals surface area contributed by atoms with Crippen molar-refractivity contribution in [3.05, 3.63) is 23.8 Å². The van der Waals surface area contributed by atoms with Crippen molar-refractivity contribution in [3.8, 4) is 11.5 Å². The second-order valence-electron chi connectivity index (χ2n) is 4.94. The number of hydrogen-bond acceptors (Lipinski definition) is 4. The fourth-order valence-electron chi connectivity index (χ4n) is 2.75. The van der Waals surface area contributed by atoms with Crippen LogP contribution in [-0.4, -0.2) is 50.8 Å². The zero-order valence-corrected chi connectivity index (χ0v) is 13.3. The van der Waals surface area contributed by atoms with E-state index in [1.165, 1.54) is 5.56 Å². The van der Waals surface area contributed by atoms with Crippen LogP contribution in [0.1, 0.15) is 5.56 Å². The van der Waals surface area contributed by atoms with Gasteiger partial charge >= 0.3 is 0 Å². The molecule has 0 saturated carbocycles. The number of halogens is 2. The minimum absolute atomic E-state index is 0. The van der Waals surface area contributed by atoms with Gasteiger partial charge in [-0.1, -0.05) is 12.1 Å². The summed E-state index contributed by atoms with van der Waals surface area (Å²) in [6.45, 7) is 5.42. The summed E-state index contributed by atoms with van der Waals surface area (Å²) in [7, 11) is 1.70. The van der Waals surface area contributed by atoms with Crippen LogP contribution in [0.3, 0.4) is 0 Å². The van der Waals surface area contributed by atoms with Crippen molar-refractivity contribution in [2.24, 2.45) is 0 Å². The fourth-order valence-corrected chi connectivity index (χ4v) is 2.75. The molecule has 4 nitrogen and oxygen atoms in total. The van der Waals surface area contributed by atoms with Gasteiger partial charge in [0, 0.05) is 44.7 Å². The Kier molecular flexibility index (Phi) is 6.89. The molecule has 0 aromatic heterocycles. The molecule has 3 rings (SSSR count). The lowest BCUT2D eigenvalue weighted by Gasteiger charge is -2.29. The van der Waals surface area contributed by atoms with Crippen LogP contribution in [-0.2, 0) is 6.42 Å². The summed E-state index contributed by atoms with van der Waals surface area (Å²) in [5.74, 6) is 1.80. The number of fused-ring (bicyclic) bond motifs is 1. The molecule has 1 fully saturated rings. The molecule has 2 heterocycles. The Labute approximate surface area is 132 Å². The molecule has 1 N–H and O–H groups in total. The lowest BCUT2D eigenvalue weighted by molar-refractivity contribution is 0.137. The first-order chi connectivity index (χ1) is 8.86. The highest BCUT2D eigenvalue weighted by Gasteiger charge is 2.27. The topological polar surface area (TPSA) is 33.7 Å². The van der Waals surface area contributed by atoms with Crippen molar-refractivity contribution in [1.82, 2.24) is 10.2 Å². The molecule has 1 unspecified atom stereocenters. The van der Waals surface area contributed by atoms with Crippen LogP contribution in [0.25, 0.3) is 0 Å². The number of hydrogen-bond donors (Lipinski definition) is 1. The third-order valence-corrected chi connectivity index (χ3v) is 3.68. The lowest BCUT2D eigenvalue weighted by Crippen LogP contribution is -2.47. The molecule has 2 aliphatic rings. The van der Waals surface area contributed by atoms with Crippen LogP contribution in [0.2, 0.25) is 0 Å². The second-order valence-corrected chi connectivity index (χ2v) is 4.94. The van der Waals surface area contributed by atoms with Crippen LogP contribution in [0.5, 0.6) is 11.5 Å². The Balaban J connectivity index is 0.000001000. The van der Waals surface area contributed by atoms with Gasteiger partial charge in [-0.3, -0.25) is 4.90 Å². The Morgan fingerprint density at radius 1 is 1.30 bits per heavy atom. The summed E-state index contributed by atoms with van der Waals surface area (Å²) in [4.78, 5) is 2.47. The number of para-hydroxylation sites is 1. The Bertz CT molecular complexity index is 426. The standard InChI is InChI=1S/C14H20N2O2.2ClH/c1-17-13-4-2-3-11-9-12(18-14(11)13)10-16-7-5-15-6-8-16;;/h2-4,12,15H,5-10H2,1H3;2*1H. The second kappa shape index (κ2) is 7.93. The highest BCUT2D eigenvalue weighted by atomic mass is 35.5. The van der Waals surface area contributed by atoms with Crippen molar-refractivity contribution in [2.75, 3.05) is 39.8 Å². The number of rotatable bonds is 3. The monoisotopic (exact) mass is 320 g/mol. The van der Waals surface area contributed by atoms with Crippen LogP contribution >= 0.6 is 24.8 Å². The Hall–Kier alpha value is -0.680. The van der Waals surface area contributed by atoms with Crippen LogP contribution in [0.15, 0.2) is 18.2 Å². The molecule has 0 aliphatic carbocycles. The predicted molar refractivity (Wildman–Crippen MR) is 84.9 cm³/mol. The molecule has 1 saturated heterocycles. The SMILES string of the molecule is COc1cccc2c1OC(CN1CCNCC1)C2.Cl.Cl. The van der Waals surface area contributed by atoms with Gasteiger partial charge in [0.25, 0.3) is 0 Å². The number of methoxy groups -OCH3 is 1. The average Bonchev–Trinajstić information content (AvgIpc) is 2.82. The van der Waals surface area contributed by atoms with Crippen molar-refractivity contribution >= 4 is 24.8 Å². The third kappa shape index (κ3) is 3.70. The summed E-state index contributed by atoms with van der Waals surface area (Å²) in [5.41, 5.74) is 1.27. The molecule has 1 aromatic carbocycles. The van der Waals surface area contributed by atoms with E-state index in [-0.39, 0.29) is 30.9 Å². The van der Waals surface area contributed by atoms with Crippen molar-refractivity contribution < 1.29 is 9.47 Å². The van der Waals surface area contributed by atoms with E-state index in [4.69, 9.17) is 9.47 Å². The first kappa shape index (κ1) is 17.4. The maximum atomic E-state index is 6.04. The van der Waals surface area contributed by atoms with E-state index >= 15 is 0 Å². The third-order valence-electron chi connectivity index (χ3n) is 3.68. The lowest BCUT2D eigenvalue weighted by atomic mass is 10.1. The number of piperazine rings is 1. The van der Waals surface area contributed by atoms with E-state index in [1.807, 2.05) is 12.1 Å². The maximum Gasteiger partial charge on any atom is 0.164 e. The molecule has 0 amide bonds. The minimum atomic E-state index is 0. The van der Waals surface area contributed by atoms with Gasteiger partial charge < -0.3 is 14.8 Å². The van der Waals surface area contributed by atoms with Gasteiger partial charge in [-0.25, -0.2) is 0 Å². The molecule has 0 spiro atoms. The number of ether oxygens (including phenoxy) is 2. The van der Waals surface area contributed by atoms with Crippen LogP contribution in [0.4, 0.5) is 0 Å². The van der Waals surface area contributed by atoms with Gasteiger partial charge in [-0.15, -0.1) is 24.8 Å². The number of nitrogens with one attached hydrogen (secondary N) is 1. The molecule has 2 aliphatic heterocycles. The summed E-state index contributed by atoms with van der Waals surface area (Å²) < 4.78 is 11.4. The van der Waals surface area contributed by atoms with Crippen molar-refractivity contribution in [2.45, 2.75) is 12.5 Å². The van der Waals surface area contributed by atoms with Gasteiger partial charge in [-0.2, -0.15) is 0 Å². The van der Waals surface area contributed by atoms with Crippen LogP contribution in [0, 0.1) is 0 Å². The molecular formula is C14H22Cl2N2O2. The van der Waals surface area contributed by atoms with Gasteiger partial charge in [0.2, 0.25) is 0 Å². The van der Waals surface area contributed by atoms with E-state index < -0.39 is 0 Å². The Morgan fingerprint density at radius 3 is 2.75 bits per heavy atom. The maximum absolute atomic E-state index is 6.04. The summed E-state index contributed by atoms with van der Waals surface area (Å²) in [6.07, 6.45) is 1.27. The quantitative estimate of drug-likeness (QED) is 0.920. The molecule has 0 bridgehead atoms. The van der Waals surface area contributed by atoms with E-state index in [1.54, 1.807) is 7.11 Å². The molecule has 114 valence electrons. The van der Waals surface area contributed by atoms with Gasteiger partial charge in [-0.05, 0) is 6.07 Å². The van der Waals surface area contributed by atoms with Crippen molar-refractivity contribution in [3.63, 3.8) is 0 Å². The van der Waals surface area contributed by atoms with E-state index in [2.05, 4.69) is 16.3 Å². The van der Waals surface area contributed by atoms with E-state index in [0.717, 1.165) is 50.6 Å². The highest BCUT2D eigenvalue weighted by molar-refractivity contribution is 5.85. The van der Waals surface area contributed by atoms with Gasteiger partial charge in [0.05, 0.1) is 7.11 Å². The molecule has 1 atom stereocenters. The molecule has 6 heteroatoms. The summed E-state index contributed by atoms with van der Waals surface area (Å²) in [6, 6.07) is 6.13.